The van der Waals surface area contributed by atoms with Crippen LogP contribution in [-0.2, 0) is 17.9 Å². The van der Waals surface area contributed by atoms with Gasteiger partial charge >= 0.3 is 5.82 Å². The lowest BCUT2D eigenvalue weighted by atomic mass is 10.2. The van der Waals surface area contributed by atoms with Crippen molar-refractivity contribution in [2.45, 2.75) is 33.9 Å². The van der Waals surface area contributed by atoms with Gasteiger partial charge in [-0.3, -0.25) is 9.48 Å². The van der Waals surface area contributed by atoms with E-state index in [1.54, 1.807) is 30.7 Å². The lowest BCUT2D eigenvalue weighted by Gasteiger charge is -2.08. The summed E-state index contributed by atoms with van der Waals surface area (Å²) in [5.41, 5.74) is 3.35. The Morgan fingerprint density at radius 3 is 2.52 bits per heavy atom. The maximum atomic E-state index is 12.5. The van der Waals surface area contributed by atoms with Crippen molar-refractivity contribution in [3.05, 3.63) is 67.1 Å². The second kappa shape index (κ2) is 8.22. The predicted octanol–water partition coefficient (Wildman–Crippen LogP) is 3.91. The minimum absolute atomic E-state index is 0.146. The van der Waals surface area contributed by atoms with Gasteiger partial charge < -0.3 is 15.4 Å². The fraction of sp³-hybridized carbons (Fsp3) is 0.278. The van der Waals surface area contributed by atoms with E-state index >= 15 is 0 Å². The summed E-state index contributed by atoms with van der Waals surface area (Å²) in [5, 5.41) is 23.0. The first-order chi connectivity index (χ1) is 13.7. The molecule has 0 saturated carbocycles. The number of nitrogens with one attached hydrogen (secondary N) is 1. The number of aryl methyl sites for hydroxylation is 2. The summed E-state index contributed by atoms with van der Waals surface area (Å²) in [7, 11) is 0. The van der Waals surface area contributed by atoms with Crippen LogP contribution in [0.2, 0.25) is 10.0 Å². The van der Waals surface area contributed by atoms with Gasteiger partial charge in [0.1, 0.15) is 6.54 Å². The highest BCUT2D eigenvalue weighted by Crippen LogP contribution is 2.25. The third kappa shape index (κ3) is 4.57. The number of hydrogen-bond donors (Lipinski definition) is 1. The molecule has 1 N–H and O–H groups in total. The van der Waals surface area contributed by atoms with Gasteiger partial charge in [0.15, 0.2) is 0 Å². The molecule has 0 saturated heterocycles. The van der Waals surface area contributed by atoms with Crippen LogP contribution in [0.15, 0.2) is 24.3 Å². The van der Waals surface area contributed by atoms with Gasteiger partial charge in [0, 0.05) is 10.0 Å². The van der Waals surface area contributed by atoms with Crippen LogP contribution in [0.1, 0.15) is 22.6 Å². The highest BCUT2D eigenvalue weighted by atomic mass is 35.5. The molecule has 0 spiro atoms. The monoisotopic (exact) mass is 436 g/mol. The Balaban J connectivity index is 1.76. The second-order valence-corrected chi connectivity index (χ2v) is 7.39. The first-order valence-corrected chi connectivity index (χ1v) is 9.38. The normalized spacial score (nSPS) is 10.9. The molecule has 29 heavy (non-hydrogen) atoms. The van der Waals surface area contributed by atoms with Gasteiger partial charge in [-0.05, 0) is 43.4 Å². The number of carbonyl (C=O) groups excluding carboxylic acids is 1. The molecule has 1 amide bonds. The average Bonchev–Trinajstić information content (AvgIpc) is 3.12. The van der Waals surface area contributed by atoms with E-state index in [1.165, 1.54) is 10.7 Å². The summed E-state index contributed by atoms with van der Waals surface area (Å²) in [5.74, 6) is -0.656. The minimum atomic E-state index is -0.596. The zero-order valence-corrected chi connectivity index (χ0v) is 17.5. The first kappa shape index (κ1) is 20.8. The van der Waals surface area contributed by atoms with Crippen LogP contribution in [-0.4, -0.2) is 30.4 Å². The van der Waals surface area contributed by atoms with Crippen molar-refractivity contribution >= 4 is 40.6 Å². The molecule has 0 fully saturated rings. The molecular weight excluding hydrogens is 419 g/mol. The largest absolute Gasteiger partial charge is 0.390 e. The van der Waals surface area contributed by atoms with Crippen LogP contribution in [0.5, 0.6) is 0 Å². The van der Waals surface area contributed by atoms with Crippen molar-refractivity contribution in [1.29, 1.82) is 0 Å². The number of aromatic nitrogens is 4. The first-order valence-electron chi connectivity index (χ1n) is 8.62. The third-order valence-electron chi connectivity index (χ3n) is 4.43. The molecule has 0 aliphatic heterocycles. The fourth-order valence-electron chi connectivity index (χ4n) is 2.90. The van der Waals surface area contributed by atoms with E-state index in [0.29, 0.717) is 33.7 Å². The number of halogens is 2. The Hall–Kier alpha value is -2.91. The Morgan fingerprint density at radius 1 is 1.17 bits per heavy atom. The lowest BCUT2D eigenvalue weighted by Crippen LogP contribution is -2.21. The van der Waals surface area contributed by atoms with Crippen molar-refractivity contribution < 1.29 is 9.72 Å². The third-order valence-corrected chi connectivity index (χ3v) is 5.02. The second-order valence-electron chi connectivity index (χ2n) is 6.55. The summed E-state index contributed by atoms with van der Waals surface area (Å²) in [6, 6.07) is 6.56. The fourth-order valence-corrected chi connectivity index (χ4v) is 3.37. The maximum absolute atomic E-state index is 12.5. The molecule has 0 aliphatic carbocycles. The molecule has 1 aromatic carbocycles. The molecule has 2 aromatic heterocycles. The lowest BCUT2D eigenvalue weighted by molar-refractivity contribution is -0.389. The number of anilines is 1. The van der Waals surface area contributed by atoms with E-state index in [0.717, 1.165) is 11.3 Å². The number of benzene rings is 1. The highest BCUT2D eigenvalue weighted by Gasteiger charge is 2.20. The summed E-state index contributed by atoms with van der Waals surface area (Å²) in [6.07, 6.45) is 0. The van der Waals surface area contributed by atoms with Crippen molar-refractivity contribution in [3.63, 3.8) is 0 Å². The predicted molar refractivity (Wildman–Crippen MR) is 110 cm³/mol. The molecule has 3 aromatic rings. The van der Waals surface area contributed by atoms with Gasteiger partial charge in [-0.25, -0.2) is 0 Å². The maximum Gasteiger partial charge on any atom is 0.390 e. The van der Waals surface area contributed by atoms with Crippen LogP contribution in [0, 0.1) is 30.9 Å². The molecule has 0 radical (unpaired) electrons. The molecule has 152 valence electrons. The SMILES string of the molecule is Cc1nn(Cc2ccc(Cl)cc2Cl)c(C)c1NC(=O)Cn1nc([N+](=O)[O-])cc1C. The van der Waals surface area contributed by atoms with Crippen LogP contribution < -0.4 is 5.32 Å². The molecule has 0 bridgehead atoms. The van der Waals surface area contributed by atoms with E-state index in [4.69, 9.17) is 23.2 Å². The van der Waals surface area contributed by atoms with E-state index in [1.807, 2.05) is 13.0 Å². The molecule has 0 atom stereocenters. The molecule has 0 aliphatic rings. The van der Waals surface area contributed by atoms with Crippen LogP contribution >= 0.6 is 23.2 Å². The van der Waals surface area contributed by atoms with Gasteiger partial charge in [-0.15, -0.1) is 0 Å². The summed E-state index contributed by atoms with van der Waals surface area (Å²) >= 11 is 12.2. The Labute approximate surface area is 176 Å². The highest BCUT2D eigenvalue weighted by molar-refractivity contribution is 6.35. The zero-order valence-electron chi connectivity index (χ0n) is 15.9. The number of nitrogens with zero attached hydrogens (tertiary/aromatic N) is 5. The molecule has 9 nitrogen and oxygen atoms in total. The van der Waals surface area contributed by atoms with Gasteiger partial charge in [0.25, 0.3) is 0 Å². The van der Waals surface area contributed by atoms with Gasteiger partial charge in [0.05, 0.1) is 40.5 Å². The average molecular weight is 437 g/mol. The van der Waals surface area contributed by atoms with E-state index in [-0.39, 0.29) is 18.3 Å². The van der Waals surface area contributed by atoms with Crippen molar-refractivity contribution in [1.82, 2.24) is 19.6 Å². The quantitative estimate of drug-likeness (QED) is 0.465. The topological polar surface area (TPSA) is 108 Å². The minimum Gasteiger partial charge on any atom is -0.358 e. The molecule has 3 rings (SSSR count). The zero-order chi connectivity index (χ0) is 21.3. The Morgan fingerprint density at radius 2 is 1.90 bits per heavy atom. The molecule has 2 heterocycles. The van der Waals surface area contributed by atoms with Crippen molar-refractivity contribution in [3.8, 4) is 0 Å². The number of nitro groups is 1. The van der Waals surface area contributed by atoms with Crippen LogP contribution in [0.25, 0.3) is 0 Å². The van der Waals surface area contributed by atoms with E-state index in [2.05, 4.69) is 15.5 Å². The van der Waals surface area contributed by atoms with Crippen molar-refractivity contribution in [2.24, 2.45) is 0 Å². The van der Waals surface area contributed by atoms with Gasteiger partial charge in [-0.2, -0.15) is 9.78 Å². The summed E-state index contributed by atoms with van der Waals surface area (Å²) in [4.78, 5) is 22.7. The summed E-state index contributed by atoms with van der Waals surface area (Å²) in [6.45, 7) is 5.55. The molecule has 0 unspecified atom stereocenters. The van der Waals surface area contributed by atoms with E-state index < -0.39 is 4.92 Å². The van der Waals surface area contributed by atoms with Crippen LogP contribution in [0.3, 0.4) is 0 Å². The number of carbonyl (C=O) groups is 1. The Bertz CT molecular complexity index is 1110. The number of rotatable bonds is 6. The van der Waals surface area contributed by atoms with Gasteiger partial charge in [-0.1, -0.05) is 29.3 Å². The van der Waals surface area contributed by atoms with Gasteiger partial charge in [0.2, 0.25) is 5.91 Å². The molecule has 11 heteroatoms. The van der Waals surface area contributed by atoms with Crippen molar-refractivity contribution in [2.75, 3.05) is 5.32 Å². The Kier molecular flexibility index (Phi) is 5.90. The summed E-state index contributed by atoms with van der Waals surface area (Å²) < 4.78 is 3.03. The molecular formula is C18H18Cl2N6O3. The number of hydrogen-bond acceptors (Lipinski definition) is 5. The standard InChI is InChI=1S/C18H18Cl2N6O3/c1-10-6-16(26(28)29)23-24(10)9-17(27)21-18-11(2)22-25(12(18)3)8-13-4-5-14(19)7-15(13)20/h4-7H,8-9H2,1-3H3,(H,21,27). The van der Waals surface area contributed by atoms with E-state index in [9.17, 15) is 14.9 Å². The smallest absolute Gasteiger partial charge is 0.358 e. The number of amides is 1. The van der Waals surface area contributed by atoms with Crippen LogP contribution in [0.4, 0.5) is 11.5 Å².